The molecule has 1 aromatic rings. The predicted octanol–water partition coefficient (Wildman–Crippen LogP) is 2.89. The number of thiol groups is 1. The average Bonchev–Trinajstić information content (AvgIpc) is 2.53. The largest absolute Gasteiger partial charge is 0.297 e. The molecule has 0 spiro atoms. The van der Waals surface area contributed by atoms with Crippen LogP contribution < -0.4 is 0 Å². The molecule has 0 saturated carbocycles. The molecule has 0 aliphatic rings. The maximum atomic E-state index is 10.3. The third-order valence-electron chi connectivity index (χ3n) is 1.34. The summed E-state index contributed by atoms with van der Waals surface area (Å²) in [6, 6.07) is 3.78. The van der Waals surface area contributed by atoms with Crippen LogP contribution in [0.5, 0.6) is 0 Å². The van der Waals surface area contributed by atoms with E-state index in [2.05, 4.69) is 18.7 Å². The van der Waals surface area contributed by atoms with Crippen molar-refractivity contribution in [3.8, 4) is 0 Å². The Morgan fingerprint density at radius 3 is 2.75 bits per heavy atom. The maximum Gasteiger partial charge on any atom is 0.160 e. The molecule has 1 rings (SSSR count). The Bertz CT molecular complexity index is 276. The fraction of sp³-hybridized carbons (Fsp3) is 0.222. The summed E-state index contributed by atoms with van der Waals surface area (Å²) in [5, 5.41) is 0. The van der Waals surface area contributed by atoms with Gasteiger partial charge in [0.15, 0.2) is 6.29 Å². The molecule has 1 aromatic heterocycles. The van der Waals surface area contributed by atoms with Gasteiger partial charge in [0.2, 0.25) is 0 Å². The summed E-state index contributed by atoms with van der Waals surface area (Å²) < 4.78 is 0. The first kappa shape index (κ1) is 9.55. The lowest BCUT2D eigenvalue weighted by atomic mass is 10.3. The standard InChI is InChI=1S/C9H10OS2/c10-7-9-5-4-8(12-9)3-1-2-6-11/h1,3-5,7,11H,2,6H2. The summed E-state index contributed by atoms with van der Waals surface area (Å²) in [6.07, 6.45) is 5.93. The number of rotatable bonds is 4. The number of hydrogen-bond acceptors (Lipinski definition) is 3. The summed E-state index contributed by atoms with van der Waals surface area (Å²) >= 11 is 5.59. The predicted molar refractivity (Wildman–Crippen MR) is 57.2 cm³/mol. The van der Waals surface area contributed by atoms with Gasteiger partial charge in [0, 0.05) is 4.88 Å². The SMILES string of the molecule is O=Cc1ccc(C=CCCS)s1. The van der Waals surface area contributed by atoms with Crippen molar-refractivity contribution in [3.63, 3.8) is 0 Å². The van der Waals surface area contributed by atoms with Crippen LogP contribution in [-0.2, 0) is 0 Å². The van der Waals surface area contributed by atoms with Crippen molar-refractivity contribution < 1.29 is 4.79 Å². The van der Waals surface area contributed by atoms with Crippen molar-refractivity contribution in [3.05, 3.63) is 28.0 Å². The molecular formula is C9H10OS2. The van der Waals surface area contributed by atoms with Crippen molar-refractivity contribution in [1.29, 1.82) is 0 Å². The second kappa shape index (κ2) is 5.17. The molecule has 0 fully saturated rings. The molecule has 0 radical (unpaired) electrons. The lowest BCUT2D eigenvalue weighted by Gasteiger charge is -1.83. The number of carbonyl (C=O) groups excluding carboxylic acids is 1. The normalized spacial score (nSPS) is 10.8. The van der Waals surface area contributed by atoms with E-state index in [0.717, 1.165) is 28.2 Å². The van der Waals surface area contributed by atoms with Crippen LogP contribution >= 0.6 is 24.0 Å². The highest BCUT2D eigenvalue weighted by Gasteiger charge is 1.93. The number of hydrogen-bond donors (Lipinski definition) is 1. The fourth-order valence-corrected chi connectivity index (χ4v) is 1.70. The molecule has 0 aromatic carbocycles. The minimum atomic E-state index is 0.778. The van der Waals surface area contributed by atoms with Gasteiger partial charge in [-0.25, -0.2) is 0 Å². The van der Waals surface area contributed by atoms with E-state index in [4.69, 9.17) is 0 Å². The monoisotopic (exact) mass is 198 g/mol. The first-order valence-corrected chi connectivity index (χ1v) is 5.14. The molecule has 0 unspecified atom stereocenters. The van der Waals surface area contributed by atoms with E-state index < -0.39 is 0 Å². The van der Waals surface area contributed by atoms with E-state index >= 15 is 0 Å². The molecule has 64 valence electrons. The molecule has 0 amide bonds. The summed E-state index contributed by atoms with van der Waals surface area (Å²) in [5.41, 5.74) is 0. The molecule has 12 heavy (non-hydrogen) atoms. The van der Waals surface area contributed by atoms with E-state index in [1.54, 1.807) is 0 Å². The molecular weight excluding hydrogens is 188 g/mol. The van der Waals surface area contributed by atoms with Crippen molar-refractivity contribution in [2.75, 3.05) is 5.75 Å². The molecule has 0 aliphatic heterocycles. The number of aldehydes is 1. The minimum absolute atomic E-state index is 0.778. The van der Waals surface area contributed by atoms with Gasteiger partial charge in [0.05, 0.1) is 4.88 Å². The third-order valence-corrected chi connectivity index (χ3v) is 2.58. The van der Waals surface area contributed by atoms with Gasteiger partial charge in [-0.1, -0.05) is 6.08 Å². The molecule has 0 N–H and O–H groups in total. The Morgan fingerprint density at radius 2 is 2.17 bits per heavy atom. The first-order chi connectivity index (χ1) is 5.86. The second-order valence-corrected chi connectivity index (χ2v) is 3.87. The highest BCUT2D eigenvalue weighted by molar-refractivity contribution is 7.80. The number of allylic oxidation sites excluding steroid dienone is 1. The smallest absolute Gasteiger partial charge is 0.160 e. The Kier molecular flexibility index (Phi) is 4.11. The zero-order valence-corrected chi connectivity index (χ0v) is 8.28. The fourth-order valence-electron chi connectivity index (χ4n) is 0.795. The molecule has 1 nitrogen and oxygen atoms in total. The second-order valence-electron chi connectivity index (χ2n) is 2.27. The van der Waals surface area contributed by atoms with E-state index in [1.807, 2.05) is 18.2 Å². The van der Waals surface area contributed by atoms with E-state index in [9.17, 15) is 4.79 Å². The Hall–Kier alpha value is -0.540. The van der Waals surface area contributed by atoms with Crippen molar-refractivity contribution in [1.82, 2.24) is 0 Å². The van der Waals surface area contributed by atoms with Gasteiger partial charge in [0.1, 0.15) is 0 Å². The zero-order valence-electron chi connectivity index (χ0n) is 6.56. The molecule has 1 heterocycles. The maximum absolute atomic E-state index is 10.3. The molecule has 0 aliphatic carbocycles. The number of thiophene rings is 1. The van der Waals surface area contributed by atoms with E-state index in [0.29, 0.717) is 0 Å². The van der Waals surface area contributed by atoms with Gasteiger partial charge in [-0.15, -0.1) is 11.3 Å². The van der Waals surface area contributed by atoms with Crippen LogP contribution in [0, 0.1) is 0 Å². The van der Waals surface area contributed by atoms with Crippen LogP contribution in [0.15, 0.2) is 18.2 Å². The highest BCUT2D eigenvalue weighted by atomic mass is 32.1. The molecule has 3 heteroatoms. The zero-order chi connectivity index (χ0) is 8.81. The molecule has 0 saturated heterocycles. The Labute approximate surface area is 81.5 Å². The summed E-state index contributed by atoms with van der Waals surface area (Å²) in [7, 11) is 0. The van der Waals surface area contributed by atoms with Crippen molar-refractivity contribution in [2.24, 2.45) is 0 Å². The van der Waals surface area contributed by atoms with Gasteiger partial charge in [-0.05, 0) is 30.4 Å². The lowest BCUT2D eigenvalue weighted by Crippen LogP contribution is -1.65. The molecule has 0 atom stereocenters. The Morgan fingerprint density at radius 1 is 1.42 bits per heavy atom. The van der Waals surface area contributed by atoms with Crippen LogP contribution in [0.4, 0.5) is 0 Å². The quantitative estimate of drug-likeness (QED) is 0.581. The van der Waals surface area contributed by atoms with Gasteiger partial charge < -0.3 is 0 Å². The molecule has 0 bridgehead atoms. The van der Waals surface area contributed by atoms with E-state index in [1.165, 1.54) is 11.3 Å². The van der Waals surface area contributed by atoms with Crippen LogP contribution in [0.1, 0.15) is 21.0 Å². The van der Waals surface area contributed by atoms with E-state index in [-0.39, 0.29) is 0 Å². The van der Waals surface area contributed by atoms with Gasteiger partial charge in [-0.3, -0.25) is 4.79 Å². The van der Waals surface area contributed by atoms with Gasteiger partial charge >= 0.3 is 0 Å². The van der Waals surface area contributed by atoms with Crippen LogP contribution in [0.3, 0.4) is 0 Å². The van der Waals surface area contributed by atoms with Gasteiger partial charge in [0.25, 0.3) is 0 Å². The highest BCUT2D eigenvalue weighted by Crippen LogP contribution is 2.16. The first-order valence-electron chi connectivity index (χ1n) is 3.69. The lowest BCUT2D eigenvalue weighted by molar-refractivity contribution is 0.112. The third kappa shape index (κ3) is 2.83. The van der Waals surface area contributed by atoms with Crippen LogP contribution in [0.25, 0.3) is 6.08 Å². The van der Waals surface area contributed by atoms with Crippen molar-refractivity contribution in [2.45, 2.75) is 6.42 Å². The van der Waals surface area contributed by atoms with Crippen LogP contribution in [0.2, 0.25) is 0 Å². The van der Waals surface area contributed by atoms with Crippen LogP contribution in [-0.4, -0.2) is 12.0 Å². The summed E-state index contributed by atoms with van der Waals surface area (Å²) in [5.74, 6) is 0.864. The number of carbonyl (C=O) groups is 1. The van der Waals surface area contributed by atoms with Crippen molar-refractivity contribution >= 4 is 36.3 Å². The summed E-state index contributed by atoms with van der Waals surface area (Å²) in [4.78, 5) is 12.2. The van der Waals surface area contributed by atoms with Gasteiger partial charge in [-0.2, -0.15) is 12.6 Å². The average molecular weight is 198 g/mol. The Balaban J connectivity index is 2.57. The summed E-state index contributed by atoms with van der Waals surface area (Å²) in [6.45, 7) is 0. The topological polar surface area (TPSA) is 17.1 Å². The minimum Gasteiger partial charge on any atom is -0.297 e.